The van der Waals surface area contributed by atoms with E-state index in [0.29, 0.717) is 16.3 Å². The second-order valence-electron chi connectivity index (χ2n) is 8.98. The van der Waals surface area contributed by atoms with Crippen molar-refractivity contribution < 1.29 is 17.9 Å². The average molecular weight is 501 g/mol. The molecule has 1 fully saturated rings. The van der Waals surface area contributed by atoms with Crippen molar-refractivity contribution in [2.75, 3.05) is 18.5 Å². The summed E-state index contributed by atoms with van der Waals surface area (Å²) in [7, 11) is -0.831. The number of carbonyl (C=O) groups is 1. The number of methoxy groups -OCH3 is 1. The van der Waals surface area contributed by atoms with Gasteiger partial charge in [-0.05, 0) is 67.1 Å². The maximum Gasteiger partial charge on any atom is 0.267 e. The molecule has 34 heavy (non-hydrogen) atoms. The minimum Gasteiger partial charge on any atom is -0.495 e. The Hall–Kier alpha value is -2.58. The fraction of sp³-hybridized carbons (Fsp3) is 0.423. The summed E-state index contributed by atoms with van der Waals surface area (Å²) in [5.74, 6) is 0.265. The van der Waals surface area contributed by atoms with Gasteiger partial charge in [0.2, 0.25) is 0 Å². The largest absolute Gasteiger partial charge is 0.495 e. The Morgan fingerprint density at radius 3 is 2.44 bits per heavy atom. The highest BCUT2D eigenvalue weighted by molar-refractivity contribution is 7.93. The van der Waals surface area contributed by atoms with Crippen LogP contribution in [0.25, 0.3) is 10.1 Å². The lowest BCUT2D eigenvalue weighted by molar-refractivity contribution is 0.0934. The molecule has 1 amide bonds. The van der Waals surface area contributed by atoms with Gasteiger partial charge in [-0.3, -0.25) is 9.10 Å². The Morgan fingerprint density at radius 1 is 1.03 bits per heavy atom. The van der Waals surface area contributed by atoms with Crippen LogP contribution < -0.4 is 14.4 Å². The quantitative estimate of drug-likeness (QED) is 0.458. The van der Waals surface area contributed by atoms with Gasteiger partial charge in [-0.2, -0.15) is 0 Å². The average Bonchev–Trinajstić information content (AvgIpc) is 3.23. The van der Waals surface area contributed by atoms with Gasteiger partial charge in [-0.15, -0.1) is 11.3 Å². The smallest absolute Gasteiger partial charge is 0.267 e. The molecule has 1 aromatic heterocycles. The summed E-state index contributed by atoms with van der Waals surface area (Å²) in [5, 5.41) is 4.07. The third-order valence-corrected chi connectivity index (χ3v) is 9.41. The molecule has 1 N–H and O–H groups in total. The molecule has 0 aliphatic heterocycles. The number of sulfonamides is 1. The van der Waals surface area contributed by atoms with Crippen molar-refractivity contribution in [2.45, 2.75) is 62.8 Å². The van der Waals surface area contributed by atoms with Crippen LogP contribution in [0.5, 0.6) is 5.75 Å². The number of aryl methyl sites for hydroxylation is 1. The van der Waals surface area contributed by atoms with Gasteiger partial charge in [0.25, 0.3) is 15.9 Å². The fourth-order valence-electron chi connectivity index (χ4n) is 4.47. The van der Waals surface area contributed by atoms with Crippen molar-refractivity contribution in [3.8, 4) is 5.75 Å². The Bertz CT molecular complexity index is 1280. The Labute approximate surface area is 206 Å². The van der Waals surface area contributed by atoms with E-state index in [9.17, 15) is 13.2 Å². The number of anilines is 1. The van der Waals surface area contributed by atoms with E-state index in [1.165, 1.54) is 49.1 Å². The number of ether oxygens (including phenoxy) is 1. The number of benzene rings is 2. The predicted octanol–water partition coefficient (Wildman–Crippen LogP) is 5.89. The lowest BCUT2D eigenvalue weighted by Crippen LogP contribution is -2.34. The van der Waals surface area contributed by atoms with Crippen LogP contribution in [-0.2, 0) is 10.0 Å². The van der Waals surface area contributed by atoms with E-state index in [0.717, 1.165) is 41.3 Å². The zero-order valence-corrected chi connectivity index (χ0v) is 21.6. The fourth-order valence-corrected chi connectivity index (χ4v) is 6.84. The number of hydrogen-bond acceptors (Lipinski definition) is 5. The minimum absolute atomic E-state index is 0.0428. The molecule has 4 rings (SSSR count). The van der Waals surface area contributed by atoms with E-state index in [1.54, 1.807) is 18.2 Å². The summed E-state index contributed by atoms with van der Waals surface area (Å²) < 4.78 is 34.3. The van der Waals surface area contributed by atoms with Crippen LogP contribution in [0.2, 0.25) is 0 Å². The van der Waals surface area contributed by atoms with Gasteiger partial charge in [0, 0.05) is 17.8 Å². The molecule has 0 unspecified atom stereocenters. The number of rotatable bonds is 6. The highest BCUT2D eigenvalue weighted by Gasteiger charge is 2.26. The monoisotopic (exact) mass is 500 g/mol. The number of hydrogen-bond donors (Lipinski definition) is 1. The van der Waals surface area contributed by atoms with Crippen LogP contribution in [0.4, 0.5) is 5.69 Å². The van der Waals surface area contributed by atoms with Crippen molar-refractivity contribution in [2.24, 2.45) is 0 Å². The summed E-state index contributed by atoms with van der Waals surface area (Å²) in [6, 6.07) is 12.7. The van der Waals surface area contributed by atoms with E-state index in [-0.39, 0.29) is 16.8 Å². The highest BCUT2D eigenvalue weighted by atomic mass is 32.2. The van der Waals surface area contributed by atoms with E-state index in [4.69, 9.17) is 4.74 Å². The summed E-state index contributed by atoms with van der Waals surface area (Å²) in [5.41, 5.74) is 1.36. The summed E-state index contributed by atoms with van der Waals surface area (Å²) >= 11 is 1.44. The topological polar surface area (TPSA) is 75.7 Å². The lowest BCUT2D eigenvalue weighted by atomic mass is 9.97. The SMILES string of the molecule is COc1ccc(C)cc1S(=O)(=O)N(C)c1ccc2sc(C(=O)NC3CCCCCCC3)cc2c1. The first kappa shape index (κ1) is 24.5. The normalized spacial score (nSPS) is 15.5. The molecule has 0 atom stereocenters. The molecule has 0 spiro atoms. The van der Waals surface area contributed by atoms with Crippen LogP contribution in [0, 0.1) is 6.92 Å². The Kier molecular flexibility index (Phi) is 7.48. The van der Waals surface area contributed by atoms with Crippen molar-refractivity contribution >= 4 is 43.0 Å². The van der Waals surface area contributed by atoms with Crippen molar-refractivity contribution in [3.63, 3.8) is 0 Å². The predicted molar refractivity (Wildman–Crippen MR) is 139 cm³/mol. The van der Waals surface area contributed by atoms with Crippen molar-refractivity contribution in [1.82, 2.24) is 5.32 Å². The van der Waals surface area contributed by atoms with Gasteiger partial charge in [-0.1, -0.05) is 38.2 Å². The number of carbonyl (C=O) groups excluding carboxylic acids is 1. The molecule has 2 aromatic carbocycles. The molecular weight excluding hydrogens is 468 g/mol. The van der Waals surface area contributed by atoms with Gasteiger partial charge in [0.1, 0.15) is 10.6 Å². The molecule has 6 nitrogen and oxygen atoms in total. The first-order valence-electron chi connectivity index (χ1n) is 11.8. The van der Waals surface area contributed by atoms with E-state index < -0.39 is 10.0 Å². The van der Waals surface area contributed by atoms with Gasteiger partial charge in [0.05, 0.1) is 17.7 Å². The number of nitrogens with one attached hydrogen (secondary N) is 1. The molecule has 3 aromatic rings. The van der Waals surface area contributed by atoms with Crippen LogP contribution in [0.15, 0.2) is 47.4 Å². The molecule has 1 heterocycles. The van der Waals surface area contributed by atoms with E-state index in [2.05, 4.69) is 5.32 Å². The van der Waals surface area contributed by atoms with Crippen LogP contribution in [-0.4, -0.2) is 34.5 Å². The van der Waals surface area contributed by atoms with E-state index in [1.807, 2.05) is 31.2 Å². The second kappa shape index (κ2) is 10.4. The van der Waals surface area contributed by atoms with Crippen LogP contribution in [0.3, 0.4) is 0 Å². The molecule has 1 saturated carbocycles. The minimum atomic E-state index is -3.83. The molecule has 0 bridgehead atoms. The molecule has 0 saturated heterocycles. The Balaban J connectivity index is 1.57. The zero-order chi connectivity index (χ0) is 24.3. The highest BCUT2D eigenvalue weighted by Crippen LogP contribution is 2.33. The third-order valence-electron chi connectivity index (χ3n) is 6.49. The van der Waals surface area contributed by atoms with Crippen LogP contribution >= 0.6 is 11.3 Å². The third kappa shape index (κ3) is 5.23. The second-order valence-corrected chi connectivity index (χ2v) is 12.0. The molecule has 0 radical (unpaired) electrons. The lowest BCUT2D eigenvalue weighted by Gasteiger charge is -2.21. The standard InChI is InChI=1S/C26H32N2O4S2/c1-18-11-13-22(32-3)25(15-18)34(30,31)28(2)21-12-14-23-19(16-21)17-24(33-23)26(29)27-20-9-7-5-4-6-8-10-20/h11-17,20H,4-10H2,1-3H3,(H,27,29). The molecule has 182 valence electrons. The summed E-state index contributed by atoms with van der Waals surface area (Å²) in [6.45, 7) is 1.85. The van der Waals surface area contributed by atoms with Gasteiger partial charge in [-0.25, -0.2) is 8.42 Å². The maximum atomic E-state index is 13.4. The van der Waals surface area contributed by atoms with Gasteiger partial charge in [0.15, 0.2) is 0 Å². The molecule has 1 aliphatic carbocycles. The Morgan fingerprint density at radius 2 is 1.74 bits per heavy atom. The summed E-state index contributed by atoms with van der Waals surface area (Å²) in [4.78, 5) is 13.7. The maximum absolute atomic E-state index is 13.4. The van der Waals surface area contributed by atoms with Gasteiger partial charge < -0.3 is 10.1 Å². The summed E-state index contributed by atoms with van der Waals surface area (Å²) in [6.07, 6.45) is 8.16. The first-order valence-corrected chi connectivity index (χ1v) is 14.0. The van der Waals surface area contributed by atoms with Crippen molar-refractivity contribution in [1.29, 1.82) is 0 Å². The van der Waals surface area contributed by atoms with Crippen molar-refractivity contribution in [3.05, 3.63) is 52.9 Å². The molecule has 8 heteroatoms. The molecule has 1 aliphatic rings. The van der Waals surface area contributed by atoms with E-state index >= 15 is 0 Å². The number of thiophene rings is 1. The number of nitrogens with zero attached hydrogens (tertiary/aromatic N) is 1. The molecular formula is C26H32N2O4S2. The van der Waals surface area contributed by atoms with Gasteiger partial charge >= 0.3 is 0 Å². The number of fused-ring (bicyclic) bond motifs is 1. The number of amides is 1. The zero-order valence-electron chi connectivity index (χ0n) is 20.0. The van der Waals surface area contributed by atoms with Crippen LogP contribution in [0.1, 0.15) is 60.2 Å². The first-order chi connectivity index (χ1) is 16.3.